The van der Waals surface area contributed by atoms with Crippen LogP contribution in [0.1, 0.15) is 47.0 Å². The molecule has 2 rings (SSSR count). The molecule has 0 radical (unpaired) electrons. The maximum Gasteiger partial charge on any atom is 0.240 e. The van der Waals surface area contributed by atoms with Crippen LogP contribution in [0.3, 0.4) is 0 Å². The molecule has 98 valence electrons. The number of rotatable bonds is 1. The highest BCUT2D eigenvalue weighted by molar-refractivity contribution is 5.84. The van der Waals surface area contributed by atoms with E-state index in [1.807, 2.05) is 18.9 Å². The first-order chi connectivity index (χ1) is 7.88. The summed E-state index contributed by atoms with van der Waals surface area (Å²) in [4.78, 5) is 14.1. The normalized spacial score (nSPS) is 42.8. The minimum Gasteiger partial charge on any atom is -0.326 e. The lowest BCUT2D eigenvalue weighted by atomic mass is 9.69. The van der Waals surface area contributed by atoms with Gasteiger partial charge in [0.1, 0.15) is 0 Å². The Labute approximate surface area is 105 Å². The molecule has 2 fully saturated rings. The van der Waals surface area contributed by atoms with Gasteiger partial charge in [-0.2, -0.15) is 0 Å². The van der Waals surface area contributed by atoms with Crippen molar-refractivity contribution in [2.45, 2.75) is 58.7 Å². The van der Waals surface area contributed by atoms with Crippen molar-refractivity contribution in [1.29, 1.82) is 0 Å². The molecule has 3 nitrogen and oxygen atoms in total. The van der Waals surface area contributed by atoms with Gasteiger partial charge in [-0.1, -0.05) is 27.2 Å². The van der Waals surface area contributed by atoms with Gasteiger partial charge in [0.05, 0.1) is 11.7 Å². The fourth-order valence-electron chi connectivity index (χ4n) is 3.94. The number of nitrogens with one attached hydrogen (secondary N) is 1. The summed E-state index contributed by atoms with van der Waals surface area (Å²) < 4.78 is 0. The molecule has 2 aliphatic rings. The molecule has 1 aliphatic heterocycles. The molecule has 1 amide bonds. The molecular weight excluding hydrogens is 212 g/mol. The van der Waals surface area contributed by atoms with E-state index in [0.717, 1.165) is 6.42 Å². The summed E-state index contributed by atoms with van der Waals surface area (Å²) in [6.45, 7) is 8.86. The van der Waals surface area contributed by atoms with E-state index in [2.05, 4.69) is 26.1 Å². The highest BCUT2D eigenvalue weighted by Gasteiger charge is 2.54. The lowest BCUT2D eigenvalue weighted by Gasteiger charge is -2.49. The Bertz CT molecular complexity index is 315. The molecule has 1 aliphatic carbocycles. The molecule has 17 heavy (non-hydrogen) atoms. The predicted octanol–water partition coefficient (Wildman–Crippen LogP) is 2.23. The molecule has 4 atom stereocenters. The summed E-state index contributed by atoms with van der Waals surface area (Å²) in [6.07, 6.45) is 3.63. The fraction of sp³-hybridized carbons (Fsp3) is 0.929. The molecule has 0 bridgehead atoms. The van der Waals surface area contributed by atoms with Gasteiger partial charge in [-0.3, -0.25) is 10.1 Å². The molecule has 0 aromatic rings. The first-order valence-electron chi connectivity index (χ1n) is 6.94. The van der Waals surface area contributed by atoms with Crippen LogP contribution in [-0.2, 0) is 4.79 Å². The number of carbonyl (C=O) groups excluding carboxylic acids is 1. The van der Waals surface area contributed by atoms with Crippen molar-refractivity contribution >= 4 is 5.91 Å². The van der Waals surface area contributed by atoms with Crippen molar-refractivity contribution in [2.24, 2.45) is 17.8 Å². The summed E-state index contributed by atoms with van der Waals surface area (Å²) >= 11 is 0. The number of nitrogens with zero attached hydrogens (tertiary/aromatic N) is 1. The molecule has 3 unspecified atom stereocenters. The molecular formula is C14H26N2O. The Balaban J connectivity index is 2.33. The van der Waals surface area contributed by atoms with Crippen LogP contribution >= 0.6 is 0 Å². The highest BCUT2D eigenvalue weighted by Crippen LogP contribution is 2.45. The molecule has 0 aromatic heterocycles. The zero-order chi connectivity index (χ0) is 12.8. The van der Waals surface area contributed by atoms with E-state index in [1.165, 1.54) is 12.8 Å². The number of carbonyl (C=O) groups is 1. The largest absolute Gasteiger partial charge is 0.326 e. The van der Waals surface area contributed by atoms with Gasteiger partial charge in [0.15, 0.2) is 0 Å². The summed E-state index contributed by atoms with van der Waals surface area (Å²) in [5.41, 5.74) is -0.0810. The summed E-state index contributed by atoms with van der Waals surface area (Å²) in [6, 6.07) is -0.0217. The van der Waals surface area contributed by atoms with Gasteiger partial charge in [0, 0.05) is 7.05 Å². The van der Waals surface area contributed by atoms with Gasteiger partial charge in [0.2, 0.25) is 5.91 Å². The third-order valence-corrected chi connectivity index (χ3v) is 4.81. The van der Waals surface area contributed by atoms with Crippen LogP contribution in [0, 0.1) is 17.8 Å². The molecule has 3 heteroatoms. The van der Waals surface area contributed by atoms with Crippen LogP contribution in [0.4, 0.5) is 0 Å². The monoisotopic (exact) mass is 238 g/mol. The topological polar surface area (TPSA) is 32.3 Å². The van der Waals surface area contributed by atoms with E-state index < -0.39 is 0 Å². The van der Waals surface area contributed by atoms with E-state index in [4.69, 9.17) is 0 Å². The zero-order valence-corrected chi connectivity index (χ0v) is 11.8. The lowest BCUT2D eigenvalue weighted by Crippen LogP contribution is -2.60. The van der Waals surface area contributed by atoms with Crippen LogP contribution in [0.25, 0.3) is 0 Å². The Hall–Kier alpha value is -0.570. The van der Waals surface area contributed by atoms with Crippen molar-refractivity contribution < 1.29 is 4.79 Å². The maximum absolute atomic E-state index is 12.1. The number of hydrogen-bond donors (Lipinski definition) is 1. The molecule has 1 spiro atoms. The predicted molar refractivity (Wildman–Crippen MR) is 69.4 cm³/mol. The fourth-order valence-corrected chi connectivity index (χ4v) is 3.94. The van der Waals surface area contributed by atoms with E-state index in [-0.39, 0.29) is 17.6 Å². The van der Waals surface area contributed by atoms with E-state index in [1.54, 1.807) is 0 Å². The minimum atomic E-state index is -0.0810. The SMILES string of the molecule is CC1CCC(C(C)C)C2(C1)N[C@H](C)C(=O)N2C. The second kappa shape index (κ2) is 4.27. The van der Waals surface area contributed by atoms with Crippen molar-refractivity contribution in [1.82, 2.24) is 10.2 Å². The summed E-state index contributed by atoms with van der Waals surface area (Å²) in [5, 5.41) is 3.61. The highest BCUT2D eigenvalue weighted by atomic mass is 16.2. The third-order valence-electron chi connectivity index (χ3n) is 4.81. The van der Waals surface area contributed by atoms with Gasteiger partial charge < -0.3 is 4.90 Å². The zero-order valence-electron chi connectivity index (χ0n) is 11.8. The Kier molecular flexibility index (Phi) is 3.23. The summed E-state index contributed by atoms with van der Waals surface area (Å²) in [7, 11) is 1.98. The maximum atomic E-state index is 12.1. The van der Waals surface area contributed by atoms with Gasteiger partial charge in [-0.05, 0) is 37.5 Å². The Morgan fingerprint density at radius 1 is 1.35 bits per heavy atom. The quantitative estimate of drug-likeness (QED) is 0.760. The van der Waals surface area contributed by atoms with Crippen molar-refractivity contribution in [3.05, 3.63) is 0 Å². The van der Waals surface area contributed by atoms with Gasteiger partial charge >= 0.3 is 0 Å². The lowest BCUT2D eigenvalue weighted by molar-refractivity contribution is -0.133. The minimum absolute atomic E-state index is 0.0217. The second-order valence-corrected chi connectivity index (χ2v) is 6.42. The van der Waals surface area contributed by atoms with E-state index in [9.17, 15) is 4.79 Å². The number of hydrogen-bond acceptors (Lipinski definition) is 2. The average Bonchev–Trinajstić information content (AvgIpc) is 2.43. The molecule has 1 saturated carbocycles. The number of amides is 1. The van der Waals surface area contributed by atoms with E-state index in [0.29, 0.717) is 17.8 Å². The van der Waals surface area contributed by atoms with Gasteiger partial charge in [-0.25, -0.2) is 0 Å². The average molecular weight is 238 g/mol. The Morgan fingerprint density at radius 2 is 2.00 bits per heavy atom. The molecule has 1 heterocycles. The van der Waals surface area contributed by atoms with Crippen molar-refractivity contribution in [3.63, 3.8) is 0 Å². The van der Waals surface area contributed by atoms with Crippen LogP contribution in [0.15, 0.2) is 0 Å². The van der Waals surface area contributed by atoms with Crippen LogP contribution < -0.4 is 5.32 Å². The number of likely N-dealkylation sites (N-methyl/N-ethyl adjacent to an activating group) is 1. The first kappa shape index (κ1) is 12.9. The standard InChI is InChI=1S/C14H26N2O/c1-9(2)12-7-6-10(3)8-14(12)15-11(4)13(17)16(14)5/h9-12,15H,6-8H2,1-5H3/t10?,11-,12?,14?/m1/s1. The van der Waals surface area contributed by atoms with Crippen LogP contribution in [0.5, 0.6) is 0 Å². The molecule has 1 N–H and O–H groups in total. The second-order valence-electron chi connectivity index (χ2n) is 6.42. The smallest absolute Gasteiger partial charge is 0.240 e. The van der Waals surface area contributed by atoms with Crippen molar-refractivity contribution in [2.75, 3.05) is 7.05 Å². The van der Waals surface area contributed by atoms with E-state index >= 15 is 0 Å². The Morgan fingerprint density at radius 3 is 2.47 bits per heavy atom. The summed E-state index contributed by atoms with van der Waals surface area (Å²) in [5.74, 6) is 2.16. The molecule has 1 saturated heterocycles. The van der Waals surface area contributed by atoms with Crippen LogP contribution in [0.2, 0.25) is 0 Å². The van der Waals surface area contributed by atoms with Crippen molar-refractivity contribution in [3.8, 4) is 0 Å². The molecule has 0 aromatic carbocycles. The van der Waals surface area contributed by atoms with Crippen LogP contribution in [-0.4, -0.2) is 29.6 Å². The first-order valence-corrected chi connectivity index (χ1v) is 6.94. The third kappa shape index (κ3) is 1.88. The van der Waals surface area contributed by atoms with Gasteiger partial charge in [0.25, 0.3) is 0 Å². The van der Waals surface area contributed by atoms with Gasteiger partial charge in [-0.15, -0.1) is 0 Å².